The van der Waals surface area contributed by atoms with Gasteiger partial charge in [-0.1, -0.05) is 6.92 Å². The number of carbonyl (C=O) groups excluding carboxylic acids is 1. The molecule has 1 atom stereocenters. The molecule has 0 saturated heterocycles. The zero-order valence-electron chi connectivity index (χ0n) is 11.4. The summed E-state index contributed by atoms with van der Waals surface area (Å²) in [7, 11) is 1.82. The third-order valence-corrected chi connectivity index (χ3v) is 2.80. The number of hydrogen-bond acceptors (Lipinski definition) is 3. The van der Waals surface area contributed by atoms with E-state index in [0.717, 1.165) is 11.3 Å². The van der Waals surface area contributed by atoms with Gasteiger partial charge in [0.1, 0.15) is 0 Å². The number of carbonyl (C=O) groups is 2. The lowest BCUT2D eigenvalue weighted by Crippen LogP contribution is -2.42. The number of aliphatic carboxylic acids is 1. The fraction of sp³-hybridized carbons (Fsp3) is 0.583. The Morgan fingerprint density at radius 3 is 2.68 bits per heavy atom. The molecule has 2 amide bonds. The van der Waals surface area contributed by atoms with Crippen molar-refractivity contribution in [3.05, 3.63) is 17.5 Å². The molecular weight excluding hydrogens is 248 g/mol. The Balaban J connectivity index is 2.42. The second-order valence-corrected chi connectivity index (χ2v) is 4.44. The van der Waals surface area contributed by atoms with Crippen LogP contribution in [0.4, 0.5) is 4.79 Å². The van der Waals surface area contributed by atoms with Crippen LogP contribution < -0.4 is 10.6 Å². The first-order valence-electron chi connectivity index (χ1n) is 6.17. The van der Waals surface area contributed by atoms with Crippen molar-refractivity contribution in [1.29, 1.82) is 0 Å². The summed E-state index contributed by atoms with van der Waals surface area (Å²) >= 11 is 0. The third kappa shape index (κ3) is 4.99. The predicted molar refractivity (Wildman–Crippen MR) is 69.6 cm³/mol. The zero-order valence-corrected chi connectivity index (χ0v) is 11.4. The van der Waals surface area contributed by atoms with Crippen LogP contribution in [0.15, 0.2) is 6.20 Å². The summed E-state index contributed by atoms with van der Waals surface area (Å²) in [6.07, 6.45) is 2.34. The van der Waals surface area contributed by atoms with Gasteiger partial charge in [0.05, 0.1) is 12.1 Å². The van der Waals surface area contributed by atoms with Crippen molar-refractivity contribution in [1.82, 2.24) is 20.4 Å². The minimum Gasteiger partial charge on any atom is -0.481 e. The first-order chi connectivity index (χ1) is 8.92. The Morgan fingerprint density at radius 2 is 2.21 bits per heavy atom. The van der Waals surface area contributed by atoms with E-state index in [1.165, 1.54) is 0 Å². The van der Waals surface area contributed by atoms with Crippen LogP contribution >= 0.6 is 0 Å². The Bertz CT molecular complexity index is 456. The zero-order chi connectivity index (χ0) is 14.4. The number of rotatable bonds is 6. The van der Waals surface area contributed by atoms with Crippen LogP contribution in [0, 0.1) is 6.92 Å². The molecule has 1 unspecified atom stereocenters. The molecule has 1 aromatic heterocycles. The molecule has 1 rings (SSSR count). The molecule has 0 radical (unpaired) electrons. The summed E-state index contributed by atoms with van der Waals surface area (Å²) in [5, 5.41) is 18.2. The lowest BCUT2D eigenvalue weighted by Gasteiger charge is -2.15. The second kappa shape index (κ2) is 6.77. The van der Waals surface area contributed by atoms with Crippen molar-refractivity contribution < 1.29 is 14.7 Å². The normalized spacial score (nSPS) is 11.9. The molecule has 0 fully saturated rings. The van der Waals surface area contributed by atoms with E-state index in [2.05, 4.69) is 15.7 Å². The quantitative estimate of drug-likeness (QED) is 0.710. The maximum Gasteiger partial charge on any atom is 0.315 e. The summed E-state index contributed by atoms with van der Waals surface area (Å²) in [5.74, 6) is -0.921. The van der Waals surface area contributed by atoms with Gasteiger partial charge >= 0.3 is 12.0 Å². The van der Waals surface area contributed by atoms with Crippen LogP contribution in [-0.2, 0) is 18.4 Å². The minimum absolute atomic E-state index is 0.0736. The van der Waals surface area contributed by atoms with E-state index in [0.29, 0.717) is 13.0 Å². The maximum absolute atomic E-state index is 11.6. The van der Waals surface area contributed by atoms with E-state index in [9.17, 15) is 9.59 Å². The molecule has 3 N–H and O–H groups in total. The van der Waals surface area contributed by atoms with Gasteiger partial charge in [-0.05, 0) is 13.3 Å². The van der Waals surface area contributed by atoms with Gasteiger partial charge < -0.3 is 15.7 Å². The molecule has 19 heavy (non-hydrogen) atoms. The smallest absolute Gasteiger partial charge is 0.315 e. The predicted octanol–water partition coefficient (Wildman–Crippen LogP) is 0.781. The number of carboxylic acid groups (broad SMARTS) is 1. The van der Waals surface area contributed by atoms with Gasteiger partial charge in [-0.25, -0.2) is 4.79 Å². The number of urea groups is 1. The molecular formula is C12H20N4O3. The number of hydrogen-bond donors (Lipinski definition) is 3. The van der Waals surface area contributed by atoms with Crippen LogP contribution in [-0.4, -0.2) is 32.9 Å². The van der Waals surface area contributed by atoms with Crippen molar-refractivity contribution in [2.75, 3.05) is 0 Å². The standard InChI is InChI=1S/C12H20N4O3/c1-4-10(5-11(17)18)14-12(19)13-6-9-7-16(3)15-8(9)2/h7,10H,4-6H2,1-3H3,(H,17,18)(H2,13,14,19). The molecule has 7 nitrogen and oxygen atoms in total. The van der Waals surface area contributed by atoms with Crippen LogP contribution in [0.3, 0.4) is 0 Å². The molecule has 0 aliphatic rings. The van der Waals surface area contributed by atoms with Crippen molar-refractivity contribution in [2.45, 2.75) is 39.3 Å². The van der Waals surface area contributed by atoms with E-state index in [1.54, 1.807) is 4.68 Å². The van der Waals surface area contributed by atoms with Gasteiger partial charge in [-0.15, -0.1) is 0 Å². The summed E-state index contributed by atoms with van der Waals surface area (Å²) in [6, 6.07) is -0.719. The third-order valence-electron chi connectivity index (χ3n) is 2.80. The molecule has 106 valence electrons. The fourth-order valence-corrected chi connectivity index (χ4v) is 1.74. The number of aromatic nitrogens is 2. The van der Waals surface area contributed by atoms with E-state index in [1.807, 2.05) is 27.1 Å². The lowest BCUT2D eigenvalue weighted by molar-refractivity contribution is -0.137. The number of nitrogens with zero attached hydrogens (tertiary/aromatic N) is 2. The van der Waals surface area contributed by atoms with E-state index < -0.39 is 5.97 Å². The van der Waals surface area contributed by atoms with Crippen molar-refractivity contribution in [2.24, 2.45) is 7.05 Å². The molecule has 0 aliphatic heterocycles. The Labute approximate surface area is 112 Å². The van der Waals surface area contributed by atoms with E-state index in [-0.39, 0.29) is 18.5 Å². The number of aryl methyl sites for hydroxylation is 2. The highest BCUT2D eigenvalue weighted by atomic mass is 16.4. The first-order valence-corrected chi connectivity index (χ1v) is 6.17. The van der Waals surface area contributed by atoms with Crippen LogP contribution in [0.5, 0.6) is 0 Å². The van der Waals surface area contributed by atoms with Crippen LogP contribution in [0.25, 0.3) is 0 Å². The maximum atomic E-state index is 11.6. The molecule has 7 heteroatoms. The van der Waals surface area contributed by atoms with E-state index in [4.69, 9.17) is 5.11 Å². The Morgan fingerprint density at radius 1 is 1.53 bits per heavy atom. The van der Waals surface area contributed by atoms with Crippen molar-refractivity contribution in [3.8, 4) is 0 Å². The molecule has 1 aromatic rings. The molecule has 0 aromatic carbocycles. The number of amides is 2. The van der Waals surface area contributed by atoms with Crippen LogP contribution in [0.1, 0.15) is 31.0 Å². The summed E-state index contributed by atoms with van der Waals surface area (Å²) in [4.78, 5) is 22.2. The average Bonchev–Trinajstić information content (AvgIpc) is 2.63. The SMILES string of the molecule is CCC(CC(=O)O)NC(=O)NCc1cn(C)nc1C. The van der Waals surface area contributed by atoms with Gasteiger partial charge in [0.15, 0.2) is 0 Å². The van der Waals surface area contributed by atoms with E-state index >= 15 is 0 Å². The molecule has 0 spiro atoms. The Hall–Kier alpha value is -2.05. The number of carboxylic acids is 1. The summed E-state index contributed by atoms with van der Waals surface area (Å²) < 4.78 is 1.68. The first kappa shape index (κ1) is 15.0. The lowest BCUT2D eigenvalue weighted by atomic mass is 10.1. The number of nitrogens with one attached hydrogen (secondary N) is 2. The highest BCUT2D eigenvalue weighted by molar-refractivity contribution is 5.75. The van der Waals surface area contributed by atoms with Crippen LogP contribution in [0.2, 0.25) is 0 Å². The van der Waals surface area contributed by atoms with Crippen molar-refractivity contribution in [3.63, 3.8) is 0 Å². The monoisotopic (exact) mass is 268 g/mol. The largest absolute Gasteiger partial charge is 0.481 e. The topological polar surface area (TPSA) is 96.3 Å². The van der Waals surface area contributed by atoms with Gasteiger partial charge in [0.2, 0.25) is 0 Å². The van der Waals surface area contributed by atoms with Gasteiger partial charge in [0, 0.05) is 31.4 Å². The summed E-state index contributed by atoms with van der Waals surface area (Å²) in [6.45, 7) is 4.07. The molecule has 1 heterocycles. The van der Waals surface area contributed by atoms with Gasteiger partial charge in [-0.2, -0.15) is 5.10 Å². The fourth-order valence-electron chi connectivity index (χ4n) is 1.74. The van der Waals surface area contributed by atoms with Gasteiger partial charge in [0.25, 0.3) is 0 Å². The molecule has 0 aliphatic carbocycles. The second-order valence-electron chi connectivity index (χ2n) is 4.44. The van der Waals surface area contributed by atoms with Crippen molar-refractivity contribution >= 4 is 12.0 Å². The Kier molecular flexibility index (Phi) is 5.35. The minimum atomic E-state index is -0.921. The average molecular weight is 268 g/mol. The van der Waals surface area contributed by atoms with Gasteiger partial charge in [-0.3, -0.25) is 9.48 Å². The highest BCUT2D eigenvalue weighted by Crippen LogP contribution is 2.03. The summed E-state index contributed by atoms with van der Waals surface area (Å²) in [5.41, 5.74) is 1.80. The molecule has 0 bridgehead atoms. The highest BCUT2D eigenvalue weighted by Gasteiger charge is 2.14. The molecule has 0 saturated carbocycles.